The molecule has 3 aromatic carbocycles. The van der Waals surface area contributed by atoms with E-state index in [0.29, 0.717) is 22.4 Å². The molecule has 3 aliphatic heterocycles. The van der Waals surface area contributed by atoms with Gasteiger partial charge in [-0.3, -0.25) is 19.2 Å². The van der Waals surface area contributed by atoms with Crippen LogP contribution in [0.1, 0.15) is 20.7 Å². The highest BCUT2D eigenvalue weighted by molar-refractivity contribution is 9.10. The van der Waals surface area contributed by atoms with Crippen LogP contribution in [0.15, 0.2) is 112 Å². The number of ketones is 2. The normalized spacial score (nSPS) is 23.8. The molecule has 0 saturated carbocycles. The smallest absolute Gasteiger partial charge is 0.240 e. The van der Waals surface area contributed by atoms with Crippen LogP contribution in [-0.2, 0) is 9.59 Å². The molecule has 3 aromatic rings. The van der Waals surface area contributed by atoms with Crippen molar-refractivity contribution in [3.63, 3.8) is 0 Å². The Morgan fingerprint density at radius 1 is 0.711 bits per heavy atom. The maximum atomic E-state index is 13.9. The third kappa shape index (κ3) is 3.99. The van der Waals surface area contributed by atoms with Gasteiger partial charge in [-0.2, -0.15) is 0 Å². The lowest BCUT2D eigenvalue weighted by Gasteiger charge is -2.32. The van der Waals surface area contributed by atoms with Crippen molar-refractivity contribution in [3.05, 3.63) is 123 Å². The van der Waals surface area contributed by atoms with E-state index in [1.165, 1.54) is 4.90 Å². The number of carbonyl (C=O) groups excluding carboxylic acids is 4. The first-order chi connectivity index (χ1) is 18.3. The van der Waals surface area contributed by atoms with Gasteiger partial charge in [-0.25, -0.2) is 4.90 Å². The van der Waals surface area contributed by atoms with Gasteiger partial charge < -0.3 is 4.90 Å². The van der Waals surface area contributed by atoms with Gasteiger partial charge in [-0.05, 0) is 42.5 Å². The summed E-state index contributed by atoms with van der Waals surface area (Å²) in [5.74, 6) is -2.91. The lowest BCUT2D eigenvalue weighted by atomic mass is 9.85. The van der Waals surface area contributed by atoms with Crippen LogP contribution in [0.25, 0.3) is 0 Å². The Hall–Kier alpha value is -3.62. The zero-order chi connectivity index (χ0) is 26.6. The third-order valence-electron chi connectivity index (χ3n) is 7.33. The number of halogens is 2. The van der Waals surface area contributed by atoms with E-state index < -0.39 is 29.8 Å². The maximum absolute atomic E-state index is 13.9. The Kier molecular flexibility index (Phi) is 6.24. The predicted octanol–water partition coefficient (Wildman–Crippen LogP) is 5.59. The van der Waals surface area contributed by atoms with Crippen molar-refractivity contribution in [2.75, 3.05) is 4.90 Å². The summed E-state index contributed by atoms with van der Waals surface area (Å²) >= 11 is 6.78. The zero-order valence-corrected chi connectivity index (χ0v) is 23.0. The van der Waals surface area contributed by atoms with Crippen LogP contribution < -0.4 is 4.90 Å². The molecule has 4 atom stereocenters. The van der Waals surface area contributed by atoms with Crippen LogP contribution in [0.5, 0.6) is 0 Å². The van der Waals surface area contributed by atoms with Crippen molar-refractivity contribution in [1.82, 2.24) is 4.90 Å². The number of hydrogen-bond donors (Lipinski definition) is 0. The van der Waals surface area contributed by atoms with E-state index in [1.807, 2.05) is 6.07 Å². The van der Waals surface area contributed by atoms with Crippen molar-refractivity contribution in [1.29, 1.82) is 0 Å². The molecule has 38 heavy (non-hydrogen) atoms. The standard InChI is InChI=1S/C30H20Br2N2O4/c31-20-8-6-18(7-9-20)28(36)26-25-24(29(37)34(30(25)38)22-12-10-21(32)11-13-22)23-16-19(14-15-33(23)26)27(35)17-4-2-1-3-5-17/h1-16,23-26H/t23-,24-,25-,26+/m0/s1. The number of nitrogens with zero attached hydrogens (tertiary/aromatic N) is 2. The van der Waals surface area contributed by atoms with E-state index in [0.717, 1.165) is 8.95 Å². The summed E-state index contributed by atoms with van der Waals surface area (Å²) < 4.78 is 1.65. The molecule has 188 valence electrons. The summed E-state index contributed by atoms with van der Waals surface area (Å²) in [7, 11) is 0. The Balaban J connectivity index is 1.43. The number of Topliss-reactive ketones (excluding diaryl/α,β-unsaturated/α-hetero) is 2. The lowest BCUT2D eigenvalue weighted by Crippen LogP contribution is -2.46. The van der Waals surface area contributed by atoms with Gasteiger partial charge in [0.15, 0.2) is 11.6 Å². The predicted molar refractivity (Wildman–Crippen MR) is 149 cm³/mol. The van der Waals surface area contributed by atoms with Gasteiger partial charge >= 0.3 is 0 Å². The summed E-state index contributed by atoms with van der Waals surface area (Å²) in [6.45, 7) is 0. The highest BCUT2D eigenvalue weighted by Crippen LogP contribution is 2.47. The fourth-order valence-corrected chi connectivity index (χ4v) is 6.11. The fraction of sp³-hybridized carbons (Fsp3) is 0.133. The van der Waals surface area contributed by atoms with Crippen molar-refractivity contribution < 1.29 is 19.2 Å². The molecule has 0 aromatic heterocycles. The van der Waals surface area contributed by atoms with Crippen LogP contribution in [0.2, 0.25) is 0 Å². The highest BCUT2D eigenvalue weighted by Gasteiger charge is 2.63. The van der Waals surface area contributed by atoms with Crippen LogP contribution in [0.3, 0.4) is 0 Å². The summed E-state index contributed by atoms with van der Waals surface area (Å²) in [4.78, 5) is 57.8. The Morgan fingerprint density at radius 2 is 1.32 bits per heavy atom. The van der Waals surface area contributed by atoms with E-state index in [2.05, 4.69) is 31.9 Å². The highest BCUT2D eigenvalue weighted by atomic mass is 79.9. The summed E-state index contributed by atoms with van der Waals surface area (Å²) in [5.41, 5.74) is 1.85. The molecule has 2 fully saturated rings. The Labute approximate surface area is 235 Å². The molecular weight excluding hydrogens is 612 g/mol. The van der Waals surface area contributed by atoms with Gasteiger partial charge in [0.1, 0.15) is 6.04 Å². The SMILES string of the molecule is O=C(C1=C[C@H]2[C@@H]3C(=O)N(c4ccc(Br)cc4)C(=O)[C@@H]3[C@H](C(=O)c3ccc(Br)cc3)N2C=C1)c1ccccc1. The molecule has 8 heteroatoms. The van der Waals surface area contributed by atoms with Gasteiger partial charge in [-0.15, -0.1) is 0 Å². The number of anilines is 1. The second kappa shape index (κ2) is 9.60. The first-order valence-electron chi connectivity index (χ1n) is 12.1. The number of benzene rings is 3. The van der Waals surface area contributed by atoms with E-state index in [1.54, 1.807) is 96.0 Å². The zero-order valence-electron chi connectivity index (χ0n) is 19.8. The van der Waals surface area contributed by atoms with E-state index >= 15 is 0 Å². The molecule has 2 amide bonds. The molecule has 6 rings (SSSR count). The third-order valence-corrected chi connectivity index (χ3v) is 8.39. The quantitative estimate of drug-likeness (QED) is 0.271. The van der Waals surface area contributed by atoms with E-state index in [9.17, 15) is 19.2 Å². The van der Waals surface area contributed by atoms with Crippen LogP contribution >= 0.6 is 31.9 Å². The number of amides is 2. The van der Waals surface area contributed by atoms with Gasteiger partial charge in [0.05, 0.1) is 23.6 Å². The minimum absolute atomic E-state index is 0.178. The minimum Gasteiger partial charge on any atom is -0.359 e. The number of hydrogen-bond acceptors (Lipinski definition) is 5. The van der Waals surface area contributed by atoms with Crippen LogP contribution in [0.4, 0.5) is 5.69 Å². The Bertz CT molecular complexity index is 1530. The molecule has 0 radical (unpaired) electrons. The molecule has 0 N–H and O–H groups in total. The summed E-state index contributed by atoms with van der Waals surface area (Å²) in [5, 5.41) is 0. The van der Waals surface area contributed by atoms with Gasteiger partial charge in [0.2, 0.25) is 11.8 Å². The second-order valence-corrected chi connectivity index (χ2v) is 11.3. The molecule has 0 spiro atoms. The first-order valence-corrected chi connectivity index (χ1v) is 13.6. The molecular formula is C30H20Br2N2O4. The number of imide groups is 1. The fourth-order valence-electron chi connectivity index (χ4n) is 5.58. The van der Waals surface area contributed by atoms with Crippen molar-refractivity contribution in [2.24, 2.45) is 11.8 Å². The van der Waals surface area contributed by atoms with E-state index in [4.69, 9.17) is 0 Å². The van der Waals surface area contributed by atoms with Gasteiger partial charge in [0, 0.05) is 31.8 Å². The first kappa shape index (κ1) is 24.7. The molecule has 0 aliphatic carbocycles. The van der Waals surface area contributed by atoms with Crippen molar-refractivity contribution in [2.45, 2.75) is 12.1 Å². The largest absolute Gasteiger partial charge is 0.359 e. The minimum atomic E-state index is -0.889. The molecule has 3 heterocycles. The Morgan fingerprint density at radius 3 is 1.97 bits per heavy atom. The number of allylic oxidation sites excluding steroid dienone is 2. The maximum Gasteiger partial charge on any atom is 0.240 e. The molecule has 3 aliphatic rings. The molecule has 0 unspecified atom stereocenters. The number of carbonyl (C=O) groups is 4. The summed E-state index contributed by atoms with van der Waals surface area (Å²) in [6, 6.07) is 21.3. The van der Waals surface area contributed by atoms with Crippen LogP contribution in [-0.4, -0.2) is 40.4 Å². The van der Waals surface area contributed by atoms with Gasteiger partial charge in [0.25, 0.3) is 0 Å². The lowest BCUT2D eigenvalue weighted by molar-refractivity contribution is -0.123. The molecule has 0 bridgehead atoms. The topological polar surface area (TPSA) is 74.8 Å². The number of fused-ring (bicyclic) bond motifs is 3. The second-order valence-electron chi connectivity index (χ2n) is 9.43. The summed E-state index contributed by atoms with van der Waals surface area (Å²) in [6.07, 6.45) is 5.08. The average molecular weight is 632 g/mol. The monoisotopic (exact) mass is 630 g/mol. The van der Waals surface area contributed by atoms with Crippen molar-refractivity contribution in [3.8, 4) is 0 Å². The van der Waals surface area contributed by atoms with Crippen molar-refractivity contribution >= 4 is 60.9 Å². The average Bonchev–Trinajstić information content (AvgIpc) is 3.41. The van der Waals surface area contributed by atoms with Crippen LogP contribution in [0, 0.1) is 11.8 Å². The van der Waals surface area contributed by atoms with E-state index in [-0.39, 0.29) is 17.5 Å². The molecule has 6 nitrogen and oxygen atoms in total. The van der Waals surface area contributed by atoms with Gasteiger partial charge in [-0.1, -0.05) is 80.4 Å². The number of rotatable bonds is 5. The molecule has 2 saturated heterocycles.